The third kappa shape index (κ3) is 4.15. The summed E-state index contributed by atoms with van der Waals surface area (Å²) in [6.07, 6.45) is 0. The van der Waals surface area contributed by atoms with Crippen molar-refractivity contribution in [1.82, 2.24) is 9.88 Å². The lowest BCUT2D eigenvalue weighted by molar-refractivity contribution is 0.0609. The number of amides is 3. The summed E-state index contributed by atoms with van der Waals surface area (Å²) in [4.78, 5) is 43.9. The summed E-state index contributed by atoms with van der Waals surface area (Å²) in [7, 11) is 0. The zero-order chi connectivity index (χ0) is 24.7. The summed E-state index contributed by atoms with van der Waals surface area (Å²) >= 11 is 1.60. The molecule has 2 heterocycles. The van der Waals surface area contributed by atoms with Crippen LogP contribution in [0.1, 0.15) is 50.5 Å². The largest absolute Gasteiger partial charge is 0.322 e. The number of nitrogens with one attached hydrogen (secondary N) is 1. The molecule has 5 rings (SSSR count). The lowest BCUT2D eigenvalue weighted by Gasteiger charge is -2.17. The molecule has 3 aromatic carbocycles. The molecule has 7 heteroatoms. The fraction of sp³-hybridized carbons (Fsp3) is 0.143. The molecule has 6 nitrogen and oxygen atoms in total. The molecule has 0 unspecified atom stereocenters. The van der Waals surface area contributed by atoms with Gasteiger partial charge in [0.2, 0.25) is 0 Å². The molecule has 0 radical (unpaired) electrons. The second-order valence-electron chi connectivity index (χ2n) is 8.72. The van der Waals surface area contributed by atoms with Gasteiger partial charge in [0.15, 0.2) is 0 Å². The second kappa shape index (κ2) is 8.92. The number of carbonyl (C=O) groups excluding carboxylic acids is 3. The Morgan fingerprint density at radius 1 is 0.914 bits per heavy atom. The van der Waals surface area contributed by atoms with Crippen LogP contribution >= 0.6 is 11.3 Å². The third-order valence-corrected chi connectivity index (χ3v) is 6.89. The van der Waals surface area contributed by atoms with Gasteiger partial charge in [-0.15, -0.1) is 11.3 Å². The van der Waals surface area contributed by atoms with Gasteiger partial charge in [-0.05, 0) is 56.7 Å². The van der Waals surface area contributed by atoms with E-state index in [9.17, 15) is 14.4 Å². The molecule has 1 aliphatic heterocycles. The van der Waals surface area contributed by atoms with Crippen molar-refractivity contribution < 1.29 is 14.4 Å². The van der Waals surface area contributed by atoms with Crippen LogP contribution in [0.2, 0.25) is 0 Å². The Morgan fingerprint density at radius 3 is 2.34 bits per heavy atom. The van der Waals surface area contributed by atoms with E-state index in [1.54, 1.807) is 37.3 Å². The van der Waals surface area contributed by atoms with Gasteiger partial charge in [0, 0.05) is 33.8 Å². The van der Waals surface area contributed by atoms with E-state index in [0.29, 0.717) is 16.8 Å². The number of hydrogen-bond donors (Lipinski definition) is 1. The predicted octanol–water partition coefficient (Wildman–Crippen LogP) is 6.04. The number of fused-ring (bicyclic) bond motifs is 1. The van der Waals surface area contributed by atoms with Crippen molar-refractivity contribution in [3.8, 4) is 21.8 Å². The Morgan fingerprint density at radius 2 is 1.63 bits per heavy atom. The van der Waals surface area contributed by atoms with Crippen LogP contribution < -0.4 is 5.32 Å². The van der Waals surface area contributed by atoms with Crippen LogP contribution in [0.4, 0.5) is 5.69 Å². The number of imide groups is 1. The summed E-state index contributed by atoms with van der Waals surface area (Å²) in [5.41, 5.74) is 5.68. The number of aromatic nitrogens is 1. The Balaban J connectivity index is 1.31. The Hall–Kier alpha value is -4.10. The number of aryl methyl sites for hydroxylation is 1. The van der Waals surface area contributed by atoms with Crippen LogP contribution in [-0.4, -0.2) is 33.6 Å². The van der Waals surface area contributed by atoms with Gasteiger partial charge in [-0.3, -0.25) is 19.3 Å². The number of benzene rings is 3. The Kier molecular flexibility index (Phi) is 5.78. The fourth-order valence-electron chi connectivity index (χ4n) is 4.14. The maximum absolute atomic E-state index is 12.8. The van der Waals surface area contributed by atoms with Gasteiger partial charge in [-0.1, -0.05) is 36.4 Å². The van der Waals surface area contributed by atoms with Crippen molar-refractivity contribution in [3.05, 3.63) is 94.4 Å². The molecule has 0 saturated carbocycles. The molecule has 0 aliphatic carbocycles. The average Bonchev–Trinajstić information content (AvgIpc) is 3.43. The van der Waals surface area contributed by atoms with Gasteiger partial charge in [-0.2, -0.15) is 0 Å². The molecule has 35 heavy (non-hydrogen) atoms. The van der Waals surface area contributed by atoms with Crippen LogP contribution in [0, 0.1) is 6.92 Å². The monoisotopic (exact) mass is 481 g/mol. The Bertz CT molecular complexity index is 1470. The molecule has 174 valence electrons. The minimum atomic E-state index is -0.368. The van der Waals surface area contributed by atoms with E-state index in [2.05, 4.69) is 24.4 Å². The normalized spacial score (nSPS) is 12.9. The van der Waals surface area contributed by atoms with Crippen LogP contribution in [-0.2, 0) is 0 Å². The van der Waals surface area contributed by atoms with E-state index in [-0.39, 0.29) is 29.3 Å². The van der Waals surface area contributed by atoms with Gasteiger partial charge in [0.1, 0.15) is 5.01 Å². The molecule has 0 fully saturated rings. The maximum Gasteiger partial charge on any atom is 0.261 e. The molecular weight excluding hydrogens is 458 g/mol. The molecular formula is C28H23N3O3S. The molecule has 0 bridgehead atoms. The molecule has 0 saturated heterocycles. The van der Waals surface area contributed by atoms with Crippen LogP contribution in [0.15, 0.2) is 72.1 Å². The highest BCUT2D eigenvalue weighted by Crippen LogP contribution is 2.31. The zero-order valence-corrected chi connectivity index (χ0v) is 20.3. The zero-order valence-electron chi connectivity index (χ0n) is 19.5. The minimum Gasteiger partial charge on any atom is -0.322 e. The molecule has 4 aromatic rings. The molecule has 1 aliphatic rings. The van der Waals surface area contributed by atoms with Gasteiger partial charge in [-0.25, -0.2) is 4.98 Å². The summed E-state index contributed by atoms with van der Waals surface area (Å²) < 4.78 is 0. The summed E-state index contributed by atoms with van der Waals surface area (Å²) in [6, 6.07) is 20.0. The van der Waals surface area contributed by atoms with Crippen LogP contribution in [0.25, 0.3) is 21.8 Å². The predicted molar refractivity (Wildman–Crippen MR) is 138 cm³/mol. The summed E-state index contributed by atoms with van der Waals surface area (Å²) in [5, 5.41) is 5.86. The number of carbonyl (C=O) groups is 3. The maximum atomic E-state index is 12.8. The molecule has 1 N–H and O–H groups in total. The number of nitrogens with zero attached hydrogens (tertiary/aromatic N) is 2. The van der Waals surface area contributed by atoms with Crippen molar-refractivity contribution in [2.45, 2.75) is 26.8 Å². The third-order valence-electron chi connectivity index (χ3n) is 6.01. The van der Waals surface area contributed by atoms with Crippen LogP contribution in [0.3, 0.4) is 0 Å². The van der Waals surface area contributed by atoms with Crippen molar-refractivity contribution in [1.29, 1.82) is 0 Å². The number of rotatable bonds is 5. The lowest BCUT2D eigenvalue weighted by Crippen LogP contribution is -2.35. The number of anilines is 1. The Labute approximate surface area is 207 Å². The standard InChI is InChI=1S/C28H23N3O3S/c1-16(2)31-27(33)22-13-10-19(14-23(22)28(31)34)25(32)29-20-11-8-18(9-12-20)24-15-35-26(30-24)21-7-5-4-6-17(21)3/h4-16H,1-3H3,(H,29,32). The molecule has 0 atom stereocenters. The fourth-order valence-corrected chi connectivity index (χ4v) is 5.06. The highest BCUT2D eigenvalue weighted by atomic mass is 32.1. The number of thiazole rings is 1. The minimum absolute atomic E-state index is 0.247. The second-order valence-corrected chi connectivity index (χ2v) is 9.58. The first-order chi connectivity index (χ1) is 16.8. The van der Waals surface area contributed by atoms with Crippen molar-refractivity contribution in [2.24, 2.45) is 0 Å². The van der Waals surface area contributed by atoms with E-state index >= 15 is 0 Å². The van der Waals surface area contributed by atoms with E-state index in [4.69, 9.17) is 4.98 Å². The summed E-state index contributed by atoms with van der Waals surface area (Å²) in [6.45, 7) is 5.64. The quantitative estimate of drug-likeness (QED) is 0.352. The number of hydrogen-bond acceptors (Lipinski definition) is 5. The lowest BCUT2D eigenvalue weighted by atomic mass is 10.1. The topological polar surface area (TPSA) is 79.4 Å². The molecule has 0 spiro atoms. The molecule has 1 aromatic heterocycles. The summed E-state index contributed by atoms with van der Waals surface area (Å²) in [5.74, 6) is -1.04. The highest BCUT2D eigenvalue weighted by molar-refractivity contribution is 7.13. The van der Waals surface area contributed by atoms with E-state index in [1.807, 2.05) is 41.8 Å². The van der Waals surface area contributed by atoms with E-state index in [1.165, 1.54) is 16.5 Å². The highest BCUT2D eigenvalue weighted by Gasteiger charge is 2.37. The smallest absolute Gasteiger partial charge is 0.261 e. The molecule has 3 amide bonds. The van der Waals surface area contributed by atoms with E-state index in [0.717, 1.165) is 21.8 Å². The first kappa shape index (κ1) is 22.7. The van der Waals surface area contributed by atoms with Gasteiger partial charge < -0.3 is 5.32 Å². The average molecular weight is 482 g/mol. The van der Waals surface area contributed by atoms with E-state index < -0.39 is 0 Å². The van der Waals surface area contributed by atoms with Crippen molar-refractivity contribution >= 4 is 34.7 Å². The SMILES string of the molecule is Cc1ccccc1-c1nc(-c2ccc(NC(=O)c3ccc4c(c3)C(=O)N(C(C)C)C4=O)cc2)cs1. The van der Waals surface area contributed by atoms with Gasteiger partial charge >= 0.3 is 0 Å². The van der Waals surface area contributed by atoms with Gasteiger partial charge in [0.05, 0.1) is 16.8 Å². The van der Waals surface area contributed by atoms with Crippen molar-refractivity contribution in [3.63, 3.8) is 0 Å². The van der Waals surface area contributed by atoms with Gasteiger partial charge in [0.25, 0.3) is 17.7 Å². The van der Waals surface area contributed by atoms with Crippen LogP contribution in [0.5, 0.6) is 0 Å². The first-order valence-corrected chi connectivity index (χ1v) is 12.2. The van der Waals surface area contributed by atoms with Crippen molar-refractivity contribution in [2.75, 3.05) is 5.32 Å². The first-order valence-electron chi connectivity index (χ1n) is 11.3.